The third-order valence-corrected chi connectivity index (χ3v) is 8.93. The highest BCUT2D eigenvalue weighted by atomic mass is 35.5. The SMILES string of the molecule is O=C1N[C@H](c2cc(Cl)ccc2OC2CCOCC2)[C@@]2(C(=O)Nc3cc(Cl)ccc32)[C@H](c2cccc(Cl)c2)[C@@H]1Cl. The minimum atomic E-state index is -1.37. The van der Waals surface area contributed by atoms with Gasteiger partial charge in [0.15, 0.2) is 0 Å². The first-order valence-electron chi connectivity index (χ1n) is 12.6. The number of fused-ring (bicyclic) bond motifs is 2. The summed E-state index contributed by atoms with van der Waals surface area (Å²) in [6.45, 7) is 1.19. The number of halogens is 4. The van der Waals surface area contributed by atoms with Crippen LogP contribution in [0.4, 0.5) is 5.69 Å². The topological polar surface area (TPSA) is 76.7 Å². The first-order valence-corrected chi connectivity index (χ1v) is 14.2. The van der Waals surface area contributed by atoms with E-state index >= 15 is 0 Å². The van der Waals surface area contributed by atoms with E-state index in [1.54, 1.807) is 48.5 Å². The van der Waals surface area contributed by atoms with Crippen molar-refractivity contribution in [1.82, 2.24) is 5.32 Å². The number of anilines is 1. The number of carbonyl (C=O) groups is 2. The molecule has 2 N–H and O–H groups in total. The monoisotopic (exact) mass is 604 g/mol. The van der Waals surface area contributed by atoms with Gasteiger partial charge in [0.2, 0.25) is 11.8 Å². The van der Waals surface area contributed by atoms with Crippen molar-refractivity contribution < 1.29 is 19.1 Å². The summed E-state index contributed by atoms with van der Waals surface area (Å²) >= 11 is 26.1. The highest BCUT2D eigenvalue weighted by Crippen LogP contribution is 2.59. The number of alkyl halides is 1. The van der Waals surface area contributed by atoms with Crippen LogP contribution in [0.3, 0.4) is 0 Å². The predicted octanol–water partition coefficient (Wildman–Crippen LogP) is 6.66. The van der Waals surface area contributed by atoms with Gasteiger partial charge < -0.3 is 20.1 Å². The summed E-state index contributed by atoms with van der Waals surface area (Å²) in [5, 5.41) is 6.37. The van der Waals surface area contributed by atoms with Crippen LogP contribution in [-0.2, 0) is 19.7 Å². The Hall–Kier alpha value is -2.48. The summed E-state index contributed by atoms with van der Waals surface area (Å²) in [5.74, 6) is -0.986. The van der Waals surface area contributed by atoms with Gasteiger partial charge in [0.1, 0.15) is 22.6 Å². The second-order valence-electron chi connectivity index (χ2n) is 10.0. The number of nitrogens with one attached hydrogen (secondary N) is 2. The normalized spacial score (nSPS) is 26.7. The van der Waals surface area contributed by atoms with Gasteiger partial charge in [-0.2, -0.15) is 0 Å². The molecule has 3 heterocycles. The molecular formula is C29H24Cl4N2O4. The maximum Gasteiger partial charge on any atom is 0.239 e. The molecule has 39 heavy (non-hydrogen) atoms. The van der Waals surface area contributed by atoms with Gasteiger partial charge in [0.25, 0.3) is 0 Å². The maximum absolute atomic E-state index is 14.3. The molecule has 0 saturated carbocycles. The average molecular weight is 606 g/mol. The molecule has 4 atom stereocenters. The second kappa shape index (κ2) is 10.5. The summed E-state index contributed by atoms with van der Waals surface area (Å²) in [6, 6.07) is 16.7. The van der Waals surface area contributed by atoms with Gasteiger partial charge in [-0.3, -0.25) is 9.59 Å². The molecule has 2 fully saturated rings. The predicted molar refractivity (Wildman–Crippen MR) is 152 cm³/mol. The van der Waals surface area contributed by atoms with Crippen molar-refractivity contribution in [2.24, 2.45) is 0 Å². The Morgan fingerprint density at radius 2 is 1.62 bits per heavy atom. The molecule has 2 saturated heterocycles. The van der Waals surface area contributed by atoms with E-state index in [0.717, 1.165) is 12.8 Å². The van der Waals surface area contributed by atoms with Crippen LogP contribution in [-0.4, -0.2) is 36.5 Å². The fraction of sp³-hybridized carbons (Fsp3) is 0.310. The minimum Gasteiger partial charge on any atom is -0.490 e. The Morgan fingerprint density at radius 3 is 2.38 bits per heavy atom. The molecule has 0 radical (unpaired) electrons. The van der Waals surface area contributed by atoms with Gasteiger partial charge in [0, 0.05) is 45.1 Å². The summed E-state index contributed by atoms with van der Waals surface area (Å²) in [6.07, 6.45) is 1.36. The van der Waals surface area contributed by atoms with E-state index in [0.29, 0.717) is 56.4 Å². The van der Waals surface area contributed by atoms with Crippen LogP contribution in [0.5, 0.6) is 5.75 Å². The van der Waals surface area contributed by atoms with Crippen molar-refractivity contribution in [1.29, 1.82) is 0 Å². The zero-order chi connectivity index (χ0) is 27.3. The molecule has 3 aliphatic rings. The van der Waals surface area contributed by atoms with E-state index in [1.807, 2.05) is 12.1 Å². The number of rotatable bonds is 4. The van der Waals surface area contributed by atoms with Gasteiger partial charge in [0.05, 0.1) is 19.3 Å². The van der Waals surface area contributed by atoms with E-state index in [1.165, 1.54) is 0 Å². The molecule has 1 spiro atoms. The summed E-state index contributed by atoms with van der Waals surface area (Å²) in [7, 11) is 0. The quantitative estimate of drug-likeness (QED) is 0.326. The van der Waals surface area contributed by atoms with Crippen LogP contribution < -0.4 is 15.4 Å². The molecule has 6 nitrogen and oxygen atoms in total. The van der Waals surface area contributed by atoms with Crippen LogP contribution in [0.25, 0.3) is 0 Å². The Morgan fingerprint density at radius 1 is 0.897 bits per heavy atom. The molecule has 3 aliphatic heterocycles. The lowest BCUT2D eigenvalue weighted by atomic mass is 9.59. The Balaban J connectivity index is 1.60. The van der Waals surface area contributed by atoms with Crippen molar-refractivity contribution in [2.75, 3.05) is 18.5 Å². The highest BCUT2D eigenvalue weighted by molar-refractivity contribution is 6.33. The summed E-state index contributed by atoms with van der Waals surface area (Å²) in [5.41, 5.74) is 1.08. The van der Waals surface area contributed by atoms with Gasteiger partial charge in [-0.1, -0.05) is 53.0 Å². The van der Waals surface area contributed by atoms with Crippen molar-refractivity contribution in [3.05, 3.63) is 92.4 Å². The molecule has 0 unspecified atom stereocenters. The van der Waals surface area contributed by atoms with Crippen molar-refractivity contribution in [2.45, 2.75) is 41.7 Å². The lowest BCUT2D eigenvalue weighted by Gasteiger charge is -2.48. The first-order chi connectivity index (χ1) is 18.8. The van der Waals surface area contributed by atoms with E-state index in [2.05, 4.69) is 10.6 Å². The fourth-order valence-electron chi connectivity index (χ4n) is 6.10. The van der Waals surface area contributed by atoms with Crippen molar-refractivity contribution >= 4 is 63.9 Å². The zero-order valence-electron chi connectivity index (χ0n) is 20.6. The molecule has 0 aromatic heterocycles. The Kier molecular flexibility index (Phi) is 7.19. The van der Waals surface area contributed by atoms with Crippen LogP contribution in [0, 0.1) is 0 Å². The summed E-state index contributed by atoms with van der Waals surface area (Å²) in [4.78, 5) is 27.8. The standard InChI is InChI=1S/C29H24Cl4N2O4/c30-16-3-1-2-15(12-16)24-25(33)27(36)35-26(29(24)21-6-4-18(32)14-22(21)34-28(29)37)20-13-17(31)5-7-23(20)39-19-8-10-38-11-9-19/h1-7,12-14,19,24-26H,8-11H2,(H,34,37)(H,35,36)/t24-,25+,26-,29+/m1/s1. The molecule has 10 heteroatoms. The lowest BCUT2D eigenvalue weighted by molar-refractivity contribution is -0.131. The average Bonchev–Trinajstić information content (AvgIpc) is 3.19. The number of hydrogen-bond acceptors (Lipinski definition) is 4. The smallest absolute Gasteiger partial charge is 0.239 e. The number of carbonyl (C=O) groups excluding carboxylic acids is 2. The molecule has 6 rings (SSSR count). The maximum atomic E-state index is 14.3. The van der Waals surface area contributed by atoms with Crippen LogP contribution in [0.15, 0.2) is 60.7 Å². The molecule has 0 bridgehead atoms. The highest BCUT2D eigenvalue weighted by Gasteiger charge is 2.64. The minimum absolute atomic E-state index is 0.0816. The van der Waals surface area contributed by atoms with E-state index in [9.17, 15) is 9.59 Å². The Bertz CT molecular complexity index is 1460. The molecular weight excluding hydrogens is 582 g/mol. The lowest BCUT2D eigenvalue weighted by Crippen LogP contribution is -2.61. The van der Waals surface area contributed by atoms with Crippen LogP contribution >= 0.6 is 46.4 Å². The van der Waals surface area contributed by atoms with Crippen molar-refractivity contribution in [3.8, 4) is 5.75 Å². The van der Waals surface area contributed by atoms with Gasteiger partial charge in [-0.25, -0.2) is 0 Å². The Labute approximate surface area is 245 Å². The molecule has 3 aromatic carbocycles. The van der Waals surface area contributed by atoms with E-state index in [-0.39, 0.29) is 12.0 Å². The van der Waals surface area contributed by atoms with Gasteiger partial charge >= 0.3 is 0 Å². The van der Waals surface area contributed by atoms with Gasteiger partial charge in [-0.05, 0) is 53.6 Å². The number of piperidine rings is 1. The largest absolute Gasteiger partial charge is 0.490 e. The van der Waals surface area contributed by atoms with Gasteiger partial charge in [-0.15, -0.1) is 11.6 Å². The first kappa shape index (κ1) is 26.7. The number of hydrogen-bond donors (Lipinski definition) is 2. The number of ether oxygens (including phenoxy) is 2. The van der Waals surface area contributed by atoms with E-state index < -0.39 is 28.7 Å². The number of amides is 2. The molecule has 0 aliphatic carbocycles. The van der Waals surface area contributed by atoms with Crippen LogP contribution in [0.1, 0.15) is 41.5 Å². The van der Waals surface area contributed by atoms with Crippen LogP contribution in [0.2, 0.25) is 15.1 Å². The molecule has 3 aromatic rings. The van der Waals surface area contributed by atoms with E-state index in [4.69, 9.17) is 55.9 Å². The molecule has 202 valence electrons. The van der Waals surface area contributed by atoms with Crippen molar-refractivity contribution in [3.63, 3.8) is 0 Å². The summed E-state index contributed by atoms with van der Waals surface area (Å²) < 4.78 is 12.0. The number of benzene rings is 3. The fourth-order valence-corrected chi connectivity index (χ4v) is 7.06. The zero-order valence-corrected chi connectivity index (χ0v) is 23.6. The third-order valence-electron chi connectivity index (χ3n) is 7.78. The molecule has 2 amide bonds. The third kappa shape index (κ3) is 4.56. The second-order valence-corrected chi connectivity index (χ2v) is 11.8.